The van der Waals surface area contributed by atoms with Gasteiger partial charge in [-0.05, 0) is 93.6 Å². The second-order valence-corrected chi connectivity index (χ2v) is 11.7. The van der Waals surface area contributed by atoms with Gasteiger partial charge in [0, 0.05) is 12.5 Å². The van der Waals surface area contributed by atoms with E-state index >= 15 is 0 Å². The van der Waals surface area contributed by atoms with Crippen LogP contribution in [0.4, 0.5) is 0 Å². The van der Waals surface area contributed by atoms with E-state index in [-0.39, 0.29) is 35.9 Å². The van der Waals surface area contributed by atoms with Crippen LogP contribution in [0.25, 0.3) is 0 Å². The van der Waals surface area contributed by atoms with E-state index in [1.807, 2.05) is 0 Å². The number of aliphatic hydroxyl groups excluding tert-OH is 2. The molecule has 1 aromatic rings. The Morgan fingerprint density at radius 3 is 2.49 bits per heavy atom. The average molecular weight is 519 g/mol. The molecule has 3 rings (SSSR count). The number of phenolic OH excluding ortho intramolecular Hbond substituents is 2. The van der Waals surface area contributed by atoms with Crippen LogP contribution in [0.15, 0.2) is 18.2 Å². The van der Waals surface area contributed by atoms with Crippen molar-refractivity contribution in [1.29, 1.82) is 0 Å². The van der Waals surface area contributed by atoms with Gasteiger partial charge in [0.05, 0.1) is 18.8 Å². The monoisotopic (exact) mass is 518 g/mol. The summed E-state index contributed by atoms with van der Waals surface area (Å²) in [6.45, 7) is 2.12. The number of phenols is 2. The molecule has 0 heterocycles. The SMILES string of the molecule is CCOC(=O)CCC(CCc1ccc(O)cc1O)C(O)CCCC(O)CC1CCCC2CCCCC2C1. The van der Waals surface area contributed by atoms with Crippen LogP contribution in [0.5, 0.6) is 11.5 Å². The van der Waals surface area contributed by atoms with Crippen LogP contribution < -0.4 is 0 Å². The van der Waals surface area contributed by atoms with Crippen molar-refractivity contribution >= 4 is 5.97 Å². The Balaban J connectivity index is 1.45. The Hall–Kier alpha value is -1.79. The first-order chi connectivity index (χ1) is 17.9. The summed E-state index contributed by atoms with van der Waals surface area (Å²) in [7, 11) is 0. The average Bonchev–Trinajstić information content (AvgIpc) is 3.06. The number of aliphatic hydroxyl groups is 2. The number of carbonyl (C=O) groups is 1. The summed E-state index contributed by atoms with van der Waals surface area (Å²) in [6.07, 6.45) is 14.7. The standard InChI is InChI=1S/C31H50O6/c1-2-37-31(36)18-16-24(13-14-25-15-17-28(33)21-30(25)35)29(34)12-6-11-27(32)20-22-7-5-10-23-8-3-4-9-26(23)19-22/h15,17,21-24,26-27,29,32-35H,2-14,16,18-20H2,1H3. The number of aromatic hydroxyl groups is 2. The van der Waals surface area contributed by atoms with E-state index in [0.29, 0.717) is 50.2 Å². The third kappa shape index (κ3) is 10.1. The molecule has 2 fully saturated rings. The van der Waals surface area contributed by atoms with Gasteiger partial charge in [0.25, 0.3) is 0 Å². The third-order valence-electron chi connectivity index (χ3n) is 8.95. The number of esters is 1. The maximum atomic E-state index is 11.9. The number of fused-ring (bicyclic) bond motifs is 1. The van der Waals surface area contributed by atoms with Gasteiger partial charge in [0.2, 0.25) is 0 Å². The summed E-state index contributed by atoms with van der Waals surface area (Å²) in [4.78, 5) is 11.9. The highest BCUT2D eigenvalue weighted by atomic mass is 16.5. The zero-order chi connectivity index (χ0) is 26.6. The highest BCUT2D eigenvalue weighted by molar-refractivity contribution is 5.69. The molecule has 6 atom stereocenters. The molecule has 2 saturated carbocycles. The molecule has 6 nitrogen and oxygen atoms in total. The van der Waals surface area contributed by atoms with E-state index in [2.05, 4.69) is 0 Å². The number of benzene rings is 1. The Morgan fingerprint density at radius 1 is 0.973 bits per heavy atom. The normalized spacial score (nSPS) is 24.5. The van der Waals surface area contributed by atoms with Gasteiger partial charge >= 0.3 is 5.97 Å². The molecule has 1 aromatic carbocycles. The van der Waals surface area contributed by atoms with E-state index in [0.717, 1.165) is 24.7 Å². The Labute approximate surface area is 223 Å². The molecule has 0 spiro atoms. The molecular formula is C31H50O6. The summed E-state index contributed by atoms with van der Waals surface area (Å²) in [5.41, 5.74) is 0.713. The molecule has 6 unspecified atom stereocenters. The van der Waals surface area contributed by atoms with E-state index < -0.39 is 6.10 Å². The fourth-order valence-electron chi connectivity index (χ4n) is 6.87. The first-order valence-corrected chi connectivity index (χ1v) is 14.9. The molecule has 6 heteroatoms. The molecule has 2 aliphatic rings. The topological polar surface area (TPSA) is 107 Å². The van der Waals surface area contributed by atoms with Crippen LogP contribution in [0.1, 0.15) is 109 Å². The zero-order valence-electron chi connectivity index (χ0n) is 22.8. The van der Waals surface area contributed by atoms with Crippen LogP contribution >= 0.6 is 0 Å². The maximum absolute atomic E-state index is 11.9. The molecule has 2 aliphatic carbocycles. The Bertz CT molecular complexity index is 811. The Morgan fingerprint density at radius 2 is 1.73 bits per heavy atom. The van der Waals surface area contributed by atoms with Gasteiger partial charge in [0.15, 0.2) is 0 Å². The minimum atomic E-state index is -0.582. The fraction of sp³-hybridized carbons (Fsp3) is 0.774. The van der Waals surface area contributed by atoms with Crippen LogP contribution in [-0.4, -0.2) is 45.2 Å². The van der Waals surface area contributed by atoms with Gasteiger partial charge < -0.3 is 25.2 Å². The lowest BCUT2D eigenvalue weighted by molar-refractivity contribution is -0.143. The first-order valence-electron chi connectivity index (χ1n) is 14.9. The minimum absolute atomic E-state index is 0.0149. The molecule has 0 aliphatic heterocycles. The van der Waals surface area contributed by atoms with Gasteiger partial charge in [-0.15, -0.1) is 0 Å². The van der Waals surface area contributed by atoms with E-state index in [1.54, 1.807) is 19.1 Å². The quantitative estimate of drug-likeness (QED) is 0.216. The molecule has 210 valence electrons. The van der Waals surface area contributed by atoms with Crippen molar-refractivity contribution < 1.29 is 30.0 Å². The number of rotatable bonds is 14. The zero-order valence-corrected chi connectivity index (χ0v) is 22.8. The molecule has 0 aromatic heterocycles. The predicted molar refractivity (Wildman–Crippen MR) is 145 cm³/mol. The lowest BCUT2D eigenvalue weighted by atomic mass is 9.75. The molecule has 0 bridgehead atoms. The van der Waals surface area contributed by atoms with Crippen molar-refractivity contribution in [2.24, 2.45) is 23.7 Å². The highest BCUT2D eigenvalue weighted by Crippen LogP contribution is 2.42. The van der Waals surface area contributed by atoms with Crippen LogP contribution in [0.3, 0.4) is 0 Å². The van der Waals surface area contributed by atoms with Gasteiger partial charge in [-0.1, -0.05) is 51.0 Å². The second-order valence-electron chi connectivity index (χ2n) is 11.7. The van der Waals surface area contributed by atoms with Crippen molar-refractivity contribution in [3.63, 3.8) is 0 Å². The first kappa shape index (κ1) is 29.8. The molecule has 0 saturated heterocycles. The molecular weight excluding hydrogens is 468 g/mol. The molecule has 0 amide bonds. The van der Waals surface area contributed by atoms with Crippen molar-refractivity contribution in [2.45, 2.75) is 122 Å². The lowest BCUT2D eigenvalue weighted by Crippen LogP contribution is -2.24. The third-order valence-corrected chi connectivity index (χ3v) is 8.95. The number of hydrogen-bond acceptors (Lipinski definition) is 6. The van der Waals surface area contributed by atoms with E-state index in [1.165, 1.54) is 57.4 Å². The summed E-state index contributed by atoms with van der Waals surface area (Å²) in [5, 5.41) is 41.5. The smallest absolute Gasteiger partial charge is 0.305 e. The number of ether oxygens (including phenoxy) is 1. The van der Waals surface area contributed by atoms with E-state index in [9.17, 15) is 25.2 Å². The maximum Gasteiger partial charge on any atom is 0.305 e. The molecule has 0 radical (unpaired) electrons. The second kappa shape index (κ2) is 15.6. The Kier molecular flexibility index (Phi) is 12.5. The fourth-order valence-corrected chi connectivity index (χ4v) is 6.87. The van der Waals surface area contributed by atoms with Crippen molar-refractivity contribution in [3.8, 4) is 11.5 Å². The van der Waals surface area contributed by atoms with Crippen molar-refractivity contribution in [3.05, 3.63) is 23.8 Å². The van der Waals surface area contributed by atoms with Crippen LogP contribution in [0, 0.1) is 23.7 Å². The predicted octanol–water partition coefficient (Wildman–Crippen LogP) is 6.27. The van der Waals surface area contributed by atoms with Crippen LogP contribution in [0.2, 0.25) is 0 Å². The number of aryl methyl sites for hydroxylation is 1. The van der Waals surface area contributed by atoms with Gasteiger partial charge in [0.1, 0.15) is 11.5 Å². The van der Waals surface area contributed by atoms with Gasteiger partial charge in [-0.2, -0.15) is 0 Å². The number of carbonyl (C=O) groups excluding carboxylic acids is 1. The minimum Gasteiger partial charge on any atom is -0.508 e. The lowest BCUT2D eigenvalue weighted by Gasteiger charge is -2.31. The van der Waals surface area contributed by atoms with Crippen molar-refractivity contribution in [2.75, 3.05) is 6.61 Å². The summed E-state index contributed by atoms with van der Waals surface area (Å²) < 4.78 is 5.07. The summed E-state index contributed by atoms with van der Waals surface area (Å²) >= 11 is 0. The van der Waals surface area contributed by atoms with Crippen LogP contribution in [-0.2, 0) is 16.0 Å². The summed E-state index contributed by atoms with van der Waals surface area (Å²) in [6, 6.07) is 4.56. The largest absolute Gasteiger partial charge is 0.508 e. The van der Waals surface area contributed by atoms with E-state index in [4.69, 9.17) is 4.74 Å². The van der Waals surface area contributed by atoms with Gasteiger partial charge in [-0.25, -0.2) is 0 Å². The molecule has 4 N–H and O–H groups in total. The number of hydrogen-bond donors (Lipinski definition) is 4. The highest BCUT2D eigenvalue weighted by Gasteiger charge is 2.31. The van der Waals surface area contributed by atoms with Gasteiger partial charge in [-0.3, -0.25) is 4.79 Å². The molecule has 37 heavy (non-hydrogen) atoms. The van der Waals surface area contributed by atoms with Crippen molar-refractivity contribution in [1.82, 2.24) is 0 Å². The summed E-state index contributed by atoms with van der Waals surface area (Å²) in [5.74, 6) is 2.10.